The van der Waals surface area contributed by atoms with Gasteiger partial charge in [-0.05, 0) is 46.8 Å². The maximum Gasteiger partial charge on any atom is 0.270 e. The molecule has 0 radical (unpaired) electrons. The molecule has 0 bridgehead atoms. The third kappa shape index (κ3) is 3.66. The lowest BCUT2D eigenvalue weighted by Crippen LogP contribution is -2.29. The van der Waals surface area contributed by atoms with Crippen molar-refractivity contribution in [2.45, 2.75) is 46.7 Å². The maximum atomic E-state index is 12.6. The lowest BCUT2D eigenvalue weighted by molar-refractivity contribution is 0.0919. The highest BCUT2D eigenvalue weighted by atomic mass is 16.5. The molecule has 0 aliphatic heterocycles. The quantitative estimate of drug-likeness (QED) is 0.757. The molecule has 3 rings (SSSR count). The van der Waals surface area contributed by atoms with E-state index < -0.39 is 6.04 Å². The van der Waals surface area contributed by atoms with Gasteiger partial charge in [-0.2, -0.15) is 10.1 Å². The fraction of sp³-hybridized carbons (Fsp3) is 0.368. The smallest absolute Gasteiger partial charge is 0.270 e. The van der Waals surface area contributed by atoms with Gasteiger partial charge in [0.05, 0.1) is 5.69 Å². The molecule has 2 heterocycles. The molecule has 2 aromatic heterocycles. The fourth-order valence-corrected chi connectivity index (χ4v) is 2.72. The van der Waals surface area contributed by atoms with Crippen molar-refractivity contribution in [3.63, 3.8) is 0 Å². The largest absolute Gasteiger partial charge is 0.339 e. The second kappa shape index (κ2) is 7.11. The Morgan fingerprint density at radius 1 is 1.19 bits per heavy atom. The first-order valence-electron chi connectivity index (χ1n) is 8.63. The highest BCUT2D eigenvalue weighted by Crippen LogP contribution is 2.20. The third-order valence-electron chi connectivity index (χ3n) is 4.02. The van der Waals surface area contributed by atoms with E-state index in [9.17, 15) is 4.79 Å². The van der Waals surface area contributed by atoms with Crippen LogP contribution in [0.4, 0.5) is 0 Å². The Kier molecular flexibility index (Phi) is 4.88. The standard InChI is InChI=1S/C19H23N5O2/c1-11(2)24-16(10-13(4)22-24)18(25)20-14(5)19-21-17(23-26-19)15-8-6-7-12(3)9-15/h6-11,14H,1-5H3,(H,20,25)/t14-/m1/s1. The number of nitrogens with zero attached hydrogens (tertiary/aromatic N) is 4. The van der Waals surface area contributed by atoms with E-state index in [0.717, 1.165) is 16.8 Å². The van der Waals surface area contributed by atoms with Gasteiger partial charge in [-0.25, -0.2) is 0 Å². The van der Waals surface area contributed by atoms with Crippen molar-refractivity contribution in [1.29, 1.82) is 0 Å². The predicted octanol–water partition coefficient (Wildman–Crippen LogP) is 3.62. The summed E-state index contributed by atoms with van der Waals surface area (Å²) in [4.78, 5) is 17.0. The lowest BCUT2D eigenvalue weighted by atomic mass is 10.1. The highest BCUT2D eigenvalue weighted by molar-refractivity contribution is 5.92. The van der Waals surface area contributed by atoms with E-state index in [0.29, 0.717) is 17.4 Å². The van der Waals surface area contributed by atoms with Crippen LogP contribution in [0.25, 0.3) is 11.4 Å². The zero-order chi connectivity index (χ0) is 18.8. The van der Waals surface area contributed by atoms with Crippen LogP contribution in [0.3, 0.4) is 0 Å². The first kappa shape index (κ1) is 17.8. The molecule has 0 aliphatic carbocycles. The van der Waals surface area contributed by atoms with Gasteiger partial charge in [0.1, 0.15) is 11.7 Å². The van der Waals surface area contributed by atoms with E-state index in [1.807, 2.05) is 58.9 Å². The van der Waals surface area contributed by atoms with Crippen molar-refractivity contribution < 1.29 is 9.32 Å². The summed E-state index contributed by atoms with van der Waals surface area (Å²) < 4.78 is 7.05. The normalized spacial score (nSPS) is 12.4. The van der Waals surface area contributed by atoms with Crippen molar-refractivity contribution >= 4 is 5.91 Å². The monoisotopic (exact) mass is 353 g/mol. The van der Waals surface area contributed by atoms with Crippen molar-refractivity contribution in [1.82, 2.24) is 25.2 Å². The average molecular weight is 353 g/mol. The Labute approximate surface area is 152 Å². The Bertz CT molecular complexity index is 926. The molecule has 136 valence electrons. The summed E-state index contributed by atoms with van der Waals surface area (Å²) in [5.74, 6) is 0.650. The zero-order valence-corrected chi connectivity index (χ0v) is 15.6. The number of aryl methyl sites for hydroxylation is 2. The Morgan fingerprint density at radius 3 is 2.65 bits per heavy atom. The van der Waals surface area contributed by atoms with Crippen molar-refractivity contribution in [3.8, 4) is 11.4 Å². The van der Waals surface area contributed by atoms with Gasteiger partial charge in [0.25, 0.3) is 5.91 Å². The minimum atomic E-state index is -0.413. The maximum absolute atomic E-state index is 12.6. The minimum Gasteiger partial charge on any atom is -0.339 e. The van der Waals surface area contributed by atoms with E-state index in [4.69, 9.17) is 4.52 Å². The van der Waals surface area contributed by atoms with Gasteiger partial charge < -0.3 is 9.84 Å². The number of hydrogen-bond acceptors (Lipinski definition) is 5. The van der Waals surface area contributed by atoms with Gasteiger partial charge in [-0.15, -0.1) is 0 Å². The first-order chi connectivity index (χ1) is 12.3. The Hall–Kier alpha value is -2.96. The van der Waals surface area contributed by atoms with Gasteiger partial charge >= 0.3 is 0 Å². The summed E-state index contributed by atoms with van der Waals surface area (Å²) >= 11 is 0. The molecule has 0 saturated heterocycles. The number of hydrogen-bond donors (Lipinski definition) is 1. The molecule has 0 aliphatic rings. The molecule has 0 fully saturated rings. The van der Waals surface area contributed by atoms with Crippen LogP contribution < -0.4 is 5.32 Å². The number of nitrogens with one attached hydrogen (secondary N) is 1. The van der Waals surface area contributed by atoms with E-state index in [2.05, 4.69) is 20.6 Å². The Morgan fingerprint density at radius 2 is 1.96 bits per heavy atom. The molecule has 3 aromatic rings. The van der Waals surface area contributed by atoms with Crippen molar-refractivity contribution in [2.75, 3.05) is 0 Å². The number of carbonyl (C=O) groups excluding carboxylic acids is 1. The number of amides is 1. The summed E-state index contributed by atoms with van der Waals surface area (Å²) in [6.45, 7) is 9.66. The molecule has 1 atom stereocenters. The first-order valence-corrected chi connectivity index (χ1v) is 8.63. The minimum absolute atomic E-state index is 0.0936. The summed E-state index contributed by atoms with van der Waals surface area (Å²) in [5.41, 5.74) is 3.32. The number of carbonyl (C=O) groups is 1. The van der Waals surface area contributed by atoms with Crippen LogP contribution in [-0.2, 0) is 0 Å². The van der Waals surface area contributed by atoms with E-state index in [1.54, 1.807) is 10.7 Å². The SMILES string of the molecule is Cc1cccc(-c2noc([C@@H](C)NC(=O)c3cc(C)nn3C(C)C)n2)c1. The second-order valence-corrected chi connectivity index (χ2v) is 6.73. The molecule has 7 heteroatoms. The van der Waals surface area contributed by atoms with Crippen LogP contribution in [0, 0.1) is 13.8 Å². The predicted molar refractivity (Wildman–Crippen MR) is 97.7 cm³/mol. The van der Waals surface area contributed by atoms with Gasteiger partial charge in [-0.1, -0.05) is 28.9 Å². The molecule has 1 amide bonds. The van der Waals surface area contributed by atoms with Crippen LogP contribution in [0.2, 0.25) is 0 Å². The highest BCUT2D eigenvalue weighted by Gasteiger charge is 2.21. The molecular formula is C19H23N5O2. The van der Waals surface area contributed by atoms with E-state index in [1.165, 1.54) is 0 Å². The molecule has 7 nitrogen and oxygen atoms in total. The van der Waals surface area contributed by atoms with Gasteiger partial charge in [-0.3, -0.25) is 9.48 Å². The molecule has 26 heavy (non-hydrogen) atoms. The number of benzene rings is 1. The molecule has 1 aromatic carbocycles. The number of rotatable bonds is 5. The summed E-state index contributed by atoms with van der Waals surface area (Å²) in [6, 6.07) is 9.32. The second-order valence-electron chi connectivity index (χ2n) is 6.73. The third-order valence-corrected chi connectivity index (χ3v) is 4.02. The van der Waals surface area contributed by atoms with Crippen LogP contribution >= 0.6 is 0 Å². The lowest BCUT2D eigenvalue weighted by Gasteiger charge is -2.13. The van der Waals surface area contributed by atoms with Crippen LogP contribution in [-0.4, -0.2) is 25.8 Å². The van der Waals surface area contributed by atoms with Crippen LogP contribution in [0.15, 0.2) is 34.9 Å². The fourth-order valence-electron chi connectivity index (χ4n) is 2.72. The molecule has 0 saturated carbocycles. The molecular weight excluding hydrogens is 330 g/mol. The van der Waals surface area contributed by atoms with E-state index >= 15 is 0 Å². The molecule has 1 N–H and O–H groups in total. The zero-order valence-electron chi connectivity index (χ0n) is 15.6. The average Bonchev–Trinajstić information content (AvgIpc) is 3.21. The van der Waals surface area contributed by atoms with Gasteiger partial charge in [0.2, 0.25) is 11.7 Å². The topological polar surface area (TPSA) is 85.8 Å². The summed E-state index contributed by atoms with van der Waals surface area (Å²) in [5, 5.41) is 11.3. The van der Waals surface area contributed by atoms with Crippen LogP contribution in [0.1, 0.15) is 60.5 Å². The summed E-state index contributed by atoms with van der Waals surface area (Å²) in [7, 11) is 0. The molecule has 0 spiro atoms. The van der Waals surface area contributed by atoms with Crippen molar-refractivity contribution in [3.05, 3.63) is 53.2 Å². The van der Waals surface area contributed by atoms with Crippen LogP contribution in [0.5, 0.6) is 0 Å². The van der Waals surface area contributed by atoms with Gasteiger partial charge in [0, 0.05) is 11.6 Å². The van der Waals surface area contributed by atoms with Gasteiger partial charge in [0.15, 0.2) is 0 Å². The number of aromatic nitrogens is 4. The van der Waals surface area contributed by atoms with E-state index in [-0.39, 0.29) is 11.9 Å². The van der Waals surface area contributed by atoms with Crippen molar-refractivity contribution in [2.24, 2.45) is 0 Å². The molecule has 0 unspecified atom stereocenters. The Balaban J connectivity index is 1.76. The summed E-state index contributed by atoms with van der Waals surface area (Å²) in [6.07, 6.45) is 0.